The van der Waals surface area contributed by atoms with Crippen molar-refractivity contribution in [2.45, 2.75) is 20.4 Å². The van der Waals surface area contributed by atoms with E-state index in [0.29, 0.717) is 5.82 Å². The Morgan fingerprint density at radius 3 is 2.95 bits per heavy atom. The van der Waals surface area contributed by atoms with Gasteiger partial charge in [-0.2, -0.15) is 5.10 Å². The van der Waals surface area contributed by atoms with Gasteiger partial charge in [0.25, 0.3) is 0 Å². The van der Waals surface area contributed by atoms with Crippen LogP contribution in [-0.2, 0) is 6.54 Å². The van der Waals surface area contributed by atoms with Crippen molar-refractivity contribution in [3.63, 3.8) is 0 Å². The fourth-order valence-corrected chi connectivity index (χ4v) is 2.81. The van der Waals surface area contributed by atoms with Crippen molar-refractivity contribution in [3.05, 3.63) is 34.6 Å². The number of fused-ring (bicyclic) bond motifs is 1. The molecule has 3 rings (SSSR count). The number of hydrogen-bond donors (Lipinski definition) is 1. The van der Waals surface area contributed by atoms with Crippen LogP contribution >= 0.6 is 15.9 Å². The van der Waals surface area contributed by atoms with E-state index in [1.165, 1.54) is 0 Å². The van der Waals surface area contributed by atoms with Gasteiger partial charge in [-0.05, 0) is 47.5 Å². The number of nitrogen functional groups attached to an aromatic ring is 1. The van der Waals surface area contributed by atoms with Gasteiger partial charge in [-0.3, -0.25) is 9.08 Å². The molecule has 0 saturated heterocycles. The molecule has 0 fully saturated rings. The lowest BCUT2D eigenvalue weighted by Gasteiger charge is -2.02. The Bertz CT molecular complexity index is 756. The molecule has 6 heteroatoms. The van der Waals surface area contributed by atoms with Crippen molar-refractivity contribution >= 4 is 27.4 Å². The van der Waals surface area contributed by atoms with Crippen LogP contribution in [-0.4, -0.2) is 19.2 Å². The average molecular weight is 320 g/mol. The van der Waals surface area contributed by atoms with Crippen LogP contribution in [0.4, 0.5) is 5.82 Å². The van der Waals surface area contributed by atoms with E-state index < -0.39 is 0 Å². The van der Waals surface area contributed by atoms with E-state index in [0.717, 1.165) is 33.6 Å². The SMILES string of the molecule is CCn1nccc1-c1nc2c(C)cc(Br)cn2c1N. The van der Waals surface area contributed by atoms with E-state index in [2.05, 4.69) is 26.0 Å². The minimum atomic E-state index is 0.634. The standard InChI is InChI=1S/C13H14BrN5/c1-3-19-10(4-5-16-19)11-12(15)18-7-9(14)6-8(2)13(18)17-11/h4-7H,3,15H2,1-2H3. The van der Waals surface area contributed by atoms with E-state index in [-0.39, 0.29) is 0 Å². The highest BCUT2D eigenvalue weighted by Gasteiger charge is 2.16. The van der Waals surface area contributed by atoms with Crippen molar-refractivity contribution in [2.24, 2.45) is 0 Å². The molecular weight excluding hydrogens is 306 g/mol. The van der Waals surface area contributed by atoms with Gasteiger partial charge in [0.05, 0.1) is 5.69 Å². The zero-order chi connectivity index (χ0) is 13.6. The van der Waals surface area contributed by atoms with Crippen LogP contribution in [0, 0.1) is 6.92 Å². The Kier molecular flexibility index (Phi) is 2.82. The Labute approximate surface area is 119 Å². The second-order valence-corrected chi connectivity index (χ2v) is 5.33. The molecule has 0 unspecified atom stereocenters. The summed E-state index contributed by atoms with van der Waals surface area (Å²) in [6, 6.07) is 3.97. The topological polar surface area (TPSA) is 61.1 Å². The molecule has 0 saturated carbocycles. The lowest BCUT2D eigenvalue weighted by Crippen LogP contribution is -2.01. The third-order valence-corrected chi connectivity index (χ3v) is 3.60. The molecule has 3 aromatic rings. The average Bonchev–Trinajstić information content (AvgIpc) is 2.95. The van der Waals surface area contributed by atoms with Crippen LogP contribution in [0.15, 0.2) is 29.0 Å². The van der Waals surface area contributed by atoms with E-state index in [4.69, 9.17) is 5.73 Å². The second-order valence-electron chi connectivity index (χ2n) is 4.41. The molecular formula is C13H14BrN5. The van der Waals surface area contributed by atoms with Crippen LogP contribution in [0.2, 0.25) is 0 Å². The van der Waals surface area contributed by atoms with Gasteiger partial charge in [0, 0.05) is 23.4 Å². The maximum atomic E-state index is 6.23. The number of pyridine rings is 1. The molecule has 0 bridgehead atoms. The minimum Gasteiger partial charge on any atom is -0.383 e. The highest BCUT2D eigenvalue weighted by Crippen LogP contribution is 2.28. The first-order valence-electron chi connectivity index (χ1n) is 6.07. The predicted octanol–water partition coefficient (Wildman–Crippen LogP) is 2.87. The number of rotatable bonds is 2. The van der Waals surface area contributed by atoms with E-state index in [1.54, 1.807) is 6.20 Å². The molecule has 0 radical (unpaired) electrons. The van der Waals surface area contributed by atoms with Crippen LogP contribution in [0.3, 0.4) is 0 Å². The van der Waals surface area contributed by atoms with Gasteiger partial charge in [-0.25, -0.2) is 4.98 Å². The fourth-order valence-electron chi connectivity index (χ4n) is 2.26. The summed E-state index contributed by atoms with van der Waals surface area (Å²) in [5.74, 6) is 0.634. The van der Waals surface area contributed by atoms with Gasteiger partial charge in [-0.1, -0.05) is 0 Å². The monoisotopic (exact) mass is 319 g/mol. The van der Waals surface area contributed by atoms with Crippen molar-refractivity contribution in [2.75, 3.05) is 5.73 Å². The van der Waals surface area contributed by atoms with Crippen molar-refractivity contribution in [1.29, 1.82) is 0 Å². The number of imidazole rings is 1. The molecule has 0 atom stereocenters. The van der Waals surface area contributed by atoms with Gasteiger partial charge >= 0.3 is 0 Å². The molecule has 0 amide bonds. The molecule has 0 spiro atoms. The van der Waals surface area contributed by atoms with E-state index in [1.807, 2.05) is 41.3 Å². The predicted molar refractivity (Wildman–Crippen MR) is 78.9 cm³/mol. The summed E-state index contributed by atoms with van der Waals surface area (Å²) in [5.41, 5.74) is 9.91. The maximum Gasteiger partial charge on any atom is 0.142 e. The summed E-state index contributed by atoms with van der Waals surface area (Å²) >= 11 is 3.48. The Morgan fingerprint density at radius 2 is 2.21 bits per heavy atom. The first kappa shape index (κ1) is 12.2. The zero-order valence-corrected chi connectivity index (χ0v) is 12.3. The van der Waals surface area contributed by atoms with Crippen LogP contribution in [0.5, 0.6) is 0 Å². The third-order valence-electron chi connectivity index (χ3n) is 3.17. The Morgan fingerprint density at radius 1 is 1.42 bits per heavy atom. The molecule has 2 N–H and O–H groups in total. The van der Waals surface area contributed by atoms with Crippen LogP contribution in [0.1, 0.15) is 12.5 Å². The highest BCUT2D eigenvalue weighted by atomic mass is 79.9. The molecule has 3 heterocycles. The zero-order valence-electron chi connectivity index (χ0n) is 10.8. The first-order valence-corrected chi connectivity index (χ1v) is 6.87. The lowest BCUT2D eigenvalue weighted by molar-refractivity contribution is 0.666. The molecule has 5 nitrogen and oxygen atoms in total. The normalized spacial score (nSPS) is 11.3. The summed E-state index contributed by atoms with van der Waals surface area (Å²) in [5, 5.41) is 4.26. The number of nitrogens with two attached hydrogens (primary N) is 1. The summed E-state index contributed by atoms with van der Waals surface area (Å²) in [4.78, 5) is 4.66. The number of anilines is 1. The number of hydrogen-bond acceptors (Lipinski definition) is 3. The molecule has 98 valence electrons. The quantitative estimate of drug-likeness (QED) is 0.790. The van der Waals surface area contributed by atoms with E-state index >= 15 is 0 Å². The van der Waals surface area contributed by atoms with E-state index in [9.17, 15) is 0 Å². The summed E-state index contributed by atoms with van der Waals surface area (Å²) in [6.45, 7) is 4.86. The van der Waals surface area contributed by atoms with Gasteiger partial charge < -0.3 is 5.73 Å². The summed E-state index contributed by atoms with van der Waals surface area (Å²) < 4.78 is 4.78. The lowest BCUT2D eigenvalue weighted by atomic mass is 10.3. The molecule has 0 aliphatic heterocycles. The number of aromatic nitrogens is 4. The van der Waals surface area contributed by atoms with Crippen molar-refractivity contribution in [1.82, 2.24) is 19.2 Å². The first-order chi connectivity index (χ1) is 9.11. The van der Waals surface area contributed by atoms with Gasteiger partial charge in [-0.15, -0.1) is 0 Å². The Hall–Kier alpha value is -1.82. The largest absolute Gasteiger partial charge is 0.383 e. The summed E-state index contributed by atoms with van der Waals surface area (Å²) in [7, 11) is 0. The number of aryl methyl sites for hydroxylation is 2. The highest BCUT2D eigenvalue weighted by molar-refractivity contribution is 9.10. The summed E-state index contributed by atoms with van der Waals surface area (Å²) in [6.07, 6.45) is 3.70. The molecule has 0 aliphatic carbocycles. The molecule has 0 aliphatic rings. The third kappa shape index (κ3) is 1.83. The number of nitrogens with zero attached hydrogens (tertiary/aromatic N) is 4. The molecule has 19 heavy (non-hydrogen) atoms. The number of halogens is 1. The Balaban J connectivity index is 2.32. The second kappa shape index (κ2) is 4.38. The smallest absolute Gasteiger partial charge is 0.142 e. The minimum absolute atomic E-state index is 0.634. The fraction of sp³-hybridized carbons (Fsp3) is 0.231. The van der Waals surface area contributed by atoms with Crippen molar-refractivity contribution in [3.8, 4) is 11.4 Å². The molecule has 3 aromatic heterocycles. The van der Waals surface area contributed by atoms with Gasteiger partial charge in [0.2, 0.25) is 0 Å². The van der Waals surface area contributed by atoms with Crippen LogP contribution < -0.4 is 5.73 Å². The van der Waals surface area contributed by atoms with Crippen molar-refractivity contribution < 1.29 is 0 Å². The van der Waals surface area contributed by atoms with Gasteiger partial charge in [0.1, 0.15) is 17.2 Å². The van der Waals surface area contributed by atoms with Gasteiger partial charge in [0.15, 0.2) is 0 Å². The van der Waals surface area contributed by atoms with Crippen LogP contribution in [0.25, 0.3) is 17.0 Å². The molecule has 0 aromatic carbocycles. The maximum absolute atomic E-state index is 6.23.